The van der Waals surface area contributed by atoms with Crippen LogP contribution in [-0.2, 0) is 9.53 Å². The lowest BCUT2D eigenvalue weighted by Crippen LogP contribution is -2.34. The number of rotatable bonds is 1. The van der Waals surface area contributed by atoms with Crippen molar-refractivity contribution in [3.8, 4) is 6.07 Å². The molecular weight excluding hydrogens is 380 g/mol. The van der Waals surface area contributed by atoms with Crippen LogP contribution in [0.3, 0.4) is 0 Å². The Morgan fingerprint density at radius 2 is 2.04 bits per heavy atom. The number of ketones is 1. The van der Waals surface area contributed by atoms with Gasteiger partial charge in [-0.3, -0.25) is 9.59 Å². The zero-order chi connectivity index (χ0) is 20.2. The summed E-state index contributed by atoms with van der Waals surface area (Å²) in [6.45, 7) is 3.91. The summed E-state index contributed by atoms with van der Waals surface area (Å²) in [6.07, 6.45) is 2.06. The highest BCUT2D eigenvalue weighted by Crippen LogP contribution is 2.47. The number of Topliss-reactive ketones (excluding diaryl/α,β-unsaturated/α-hetero) is 1. The van der Waals surface area contributed by atoms with Crippen molar-refractivity contribution in [1.82, 2.24) is 0 Å². The minimum atomic E-state index is -0.919. The molecule has 0 fully saturated rings. The number of hydrogen-bond acceptors (Lipinski definition) is 6. The highest BCUT2D eigenvalue weighted by Gasteiger charge is 2.44. The largest absolute Gasteiger partial charge is 0.464 e. The Morgan fingerprint density at radius 3 is 2.75 bits per heavy atom. The van der Waals surface area contributed by atoms with E-state index < -0.39 is 5.92 Å². The molecule has 2 aliphatic rings. The number of nitrogens with zero attached hydrogens (tertiary/aromatic N) is 1. The molecule has 2 aromatic rings. The lowest BCUT2D eigenvalue weighted by molar-refractivity contribution is -0.119. The maximum Gasteiger partial charge on any atom is 0.205 e. The van der Waals surface area contributed by atoms with Crippen molar-refractivity contribution in [3.63, 3.8) is 0 Å². The van der Waals surface area contributed by atoms with Crippen molar-refractivity contribution >= 4 is 28.4 Å². The van der Waals surface area contributed by atoms with E-state index in [1.165, 1.54) is 12.3 Å². The second-order valence-corrected chi connectivity index (χ2v) is 8.30. The first kappa shape index (κ1) is 18.3. The Hall–Kier alpha value is -3.04. The molecular formula is C21H17ClN2O4. The third-order valence-electron chi connectivity index (χ3n) is 5.15. The van der Waals surface area contributed by atoms with E-state index in [1.54, 1.807) is 12.1 Å². The molecule has 1 aliphatic heterocycles. The molecule has 2 N–H and O–H groups in total. The molecule has 1 aromatic carbocycles. The summed E-state index contributed by atoms with van der Waals surface area (Å²) in [5.74, 6) is -0.769. The molecule has 0 saturated carbocycles. The van der Waals surface area contributed by atoms with Gasteiger partial charge in [0, 0.05) is 29.0 Å². The molecule has 0 spiro atoms. The molecule has 28 heavy (non-hydrogen) atoms. The van der Waals surface area contributed by atoms with Crippen LogP contribution in [0.15, 0.2) is 56.5 Å². The maximum absolute atomic E-state index is 13.2. The number of nitrogens with two attached hydrogens (primary N) is 1. The summed E-state index contributed by atoms with van der Waals surface area (Å²) in [7, 11) is 0. The molecule has 1 aromatic heterocycles. The number of halogens is 1. The Kier molecular flexibility index (Phi) is 4.09. The standard InChI is InChI=1S/C21H17ClN2O4/c1-21(2)6-14(25)18-16(7-21)28-20(24)12(8-23)17(18)13-9-27-15-4-3-10(22)5-11(15)19(13)26/h3-5,9,17H,6-7,24H2,1-2H3. The lowest BCUT2D eigenvalue weighted by atomic mass is 9.70. The summed E-state index contributed by atoms with van der Waals surface area (Å²) in [4.78, 5) is 26.2. The fraction of sp³-hybridized carbons (Fsp3) is 0.286. The van der Waals surface area contributed by atoms with E-state index in [4.69, 9.17) is 26.5 Å². The van der Waals surface area contributed by atoms with Crippen LogP contribution in [0.2, 0.25) is 5.02 Å². The Balaban J connectivity index is 1.99. The van der Waals surface area contributed by atoms with Gasteiger partial charge in [-0.15, -0.1) is 0 Å². The quantitative estimate of drug-likeness (QED) is 0.783. The SMILES string of the molecule is CC1(C)CC(=O)C2=C(C1)OC(N)=C(C#N)C2c1coc2ccc(Cl)cc2c1=O. The van der Waals surface area contributed by atoms with Gasteiger partial charge in [0.05, 0.1) is 17.6 Å². The fourth-order valence-corrected chi connectivity index (χ4v) is 4.09. The van der Waals surface area contributed by atoms with Crippen LogP contribution in [0.25, 0.3) is 11.0 Å². The van der Waals surface area contributed by atoms with E-state index in [0.29, 0.717) is 28.4 Å². The van der Waals surface area contributed by atoms with E-state index in [9.17, 15) is 14.9 Å². The zero-order valence-electron chi connectivity index (χ0n) is 15.3. The van der Waals surface area contributed by atoms with Crippen molar-refractivity contribution in [2.45, 2.75) is 32.6 Å². The van der Waals surface area contributed by atoms with Gasteiger partial charge in [0.15, 0.2) is 11.2 Å². The first-order valence-corrected chi connectivity index (χ1v) is 9.14. The van der Waals surface area contributed by atoms with Crippen LogP contribution in [0.5, 0.6) is 0 Å². The maximum atomic E-state index is 13.2. The van der Waals surface area contributed by atoms with Gasteiger partial charge in [0.2, 0.25) is 5.88 Å². The van der Waals surface area contributed by atoms with Gasteiger partial charge < -0.3 is 14.9 Å². The van der Waals surface area contributed by atoms with Crippen LogP contribution >= 0.6 is 11.6 Å². The summed E-state index contributed by atoms with van der Waals surface area (Å²) in [6, 6.07) is 6.72. The topological polar surface area (TPSA) is 106 Å². The highest BCUT2D eigenvalue weighted by atomic mass is 35.5. The van der Waals surface area contributed by atoms with E-state index >= 15 is 0 Å². The summed E-state index contributed by atoms with van der Waals surface area (Å²) < 4.78 is 11.2. The highest BCUT2D eigenvalue weighted by molar-refractivity contribution is 6.31. The Labute approximate surface area is 165 Å². The molecule has 1 atom stereocenters. The summed E-state index contributed by atoms with van der Waals surface area (Å²) >= 11 is 6.03. The van der Waals surface area contributed by atoms with Gasteiger partial charge in [-0.25, -0.2) is 0 Å². The second kappa shape index (κ2) is 6.25. The predicted octanol–water partition coefficient (Wildman–Crippen LogP) is 3.90. The third-order valence-corrected chi connectivity index (χ3v) is 5.38. The smallest absolute Gasteiger partial charge is 0.205 e. The molecule has 0 saturated heterocycles. The van der Waals surface area contributed by atoms with E-state index in [0.717, 1.165) is 0 Å². The molecule has 0 amide bonds. The van der Waals surface area contributed by atoms with Gasteiger partial charge in [0.1, 0.15) is 23.0 Å². The lowest BCUT2D eigenvalue weighted by Gasteiger charge is -2.36. The molecule has 0 radical (unpaired) electrons. The fourth-order valence-electron chi connectivity index (χ4n) is 3.91. The predicted molar refractivity (Wildman–Crippen MR) is 103 cm³/mol. The summed E-state index contributed by atoms with van der Waals surface area (Å²) in [5, 5.41) is 10.3. The molecule has 0 bridgehead atoms. The number of allylic oxidation sites excluding steroid dienone is 3. The number of carbonyl (C=O) groups excluding carboxylic acids is 1. The van der Waals surface area contributed by atoms with Gasteiger partial charge >= 0.3 is 0 Å². The number of ether oxygens (including phenoxy) is 1. The molecule has 2 heterocycles. The van der Waals surface area contributed by atoms with E-state index in [2.05, 4.69) is 0 Å². The van der Waals surface area contributed by atoms with Crippen LogP contribution in [0.4, 0.5) is 0 Å². The van der Waals surface area contributed by atoms with Crippen molar-refractivity contribution in [3.05, 3.63) is 68.1 Å². The first-order chi connectivity index (χ1) is 13.2. The molecule has 7 heteroatoms. The molecule has 1 aliphatic carbocycles. The van der Waals surface area contributed by atoms with Crippen LogP contribution in [0, 0.1) is 16.7 Å². The van der Waals surface area contributed by atoms with Gasteiger partial charge in [-0.2, -0.15) is 5.26 Å². The van der Waals surface area contributed by atoms with Gasteiger partial charge in [-0.05, 0) is 23.6 Å². The second-order valence-electron chi connectivity index (χ2n) is 7.86. The molecule has 4 rings (SSSR count). The minimum Gasteiger partial charge on any atom is -0.464 e. The average Bonchev–Trinajstić information content (AvgIpc) is 2.60. The number of nitriles is 1. The van der Waals surface area contributed by atoms with Crippen molar-refractivity contribution < 1.29 is 13.9 Å². The number of benzene rings is 1. The van der Waals surface area contributed by atoms with Crippen LogP contribution in [0.1, 0.15) is 38.2 Å². The van der Waals surface area contributed by atoms with Crippen molar-refractivity contribution in [2.75, 3.05) is 0 Å². The first-order valence-electron chi connectivity index (χ1n) is 8.76. The average molecular weight is 397 g/mol. The van der Waals surface area contributed by atoms with Gasteiger partial charge in [0.25, 0.3) is 0 Å². The summed E-state index contributed by atoms with van der Waals surface area (Å²) in [5.41, 5.74) is 6.19. The van der Waals surface area contributed by atoms with Crippen molar-refractivity contribution in [1.29, 1.82) is 5.26 Å². The zero-order valence-corrected chi connectivity index (χ0v) is 16.1. The number of carbonyl (C=O) groups is 1. The number of fused-ring (bicyclic) bond motifs is 1. The normalized spacial score (nSPS) is 21.4. The van der Waals surface area contributed by atoms with Crippen LogP contribution in [-0.4, -0.2) is 5.78 Å². The molecule has 1 unspecified atom stereocenters. The van der Waals surface area contributed by atoms with E-state index in [-0.39, 0.29) is 45.5 Å². The van der Waals surface area contributed by atoms with E-state index in [1.807, 2.05) is 19.9 Å². The van der Waals surface area contributed by atoms with Gasteiger partial charge in [-0.1, -0.05) is 25.4 Å². The molecule has 142 valence electrons. The third kappa shape index (κ3) is 2.79. The Bertz CT molecular complexity index is 1200. The van der Waals surface area contributed by atoms with Crippen molar-refractivity contribution in [2.24, 2.45) is 11.1 Å². The molecule has 6 nitrogen and oxygen atoms in total. The minimum absolute atomic E-state index is 0.0282. The van der Waals surface area contributed by atoms with Crippen LogP contribution < -0.4 is 11.2 Å². The monoisotopic (exact) mass is 396 g/mol. The Morgan fingerprint density at radius 1 is 1.29 bits per heavy atom. The number of hydrogen-bond donors (Lipinski definition) is 1.